The van der Waals surface area contributed by atoms with Crippen LogP contribution in [0.3, 0.4) is 0 Å². The lowest BCUT2D eigenvalue weighted by atomic mass is 9.69. The van der Waals surface area contributed by atoms with Crippen LogP contribution in [0.1, 0.15) is 31.1 Å². The zero-order valence-electron chi connectivity index (χ0n) is 11.7. The number of fused-ring (bicyclic) bond motifs is 1. The maximum Gasteiger partial charge on any atom is 0.415 e. The smallest absolute Gasteiger partial charge is 0.356 e. The average Bonchev–Trinajstić information content (AvgIpc) is 2.90. The van der Waals surface area contributed by atoms with E-state index >= 15 is 0 Å². The minimum absolute atomic E-state index is 0.182. The van der Waals surface area contributed by atoms with Gasteiger partial charge in [-0.2, -0.15) is 18.3 Å². The Balaban J connectivity index is 2.11. The number of halogens is 3. The second kappa shape index (κ2) is 5.37. The number of aromatic nitrogens is 2. The SMILES string of the molecule is C[B]c1c(C(F)(F)F)ccc2c1cnn2C1CCCCO1. The zero-order valence-corrected chi connectivity index (χ0v) is 11.7. The van der Waals surface area contributed by atoms with E-state index in [2.05, 4.69) is 5.10 Å². The van der Waals surface area contributed by atoms with Gasteiger partial charge in [0.1, 0.15) is 7.28 Å². The number of hydrogen-bond donors (Lipinski definition) is 0. The Labute approximate surface area is 121 Å². The van der Waals surface area contributed by atoms with E-state index in [0.29, 0.717) is 17.5 Å². The lowest BCUT2D eigenvalue weighted by molar-refractivity contribution is -0.136. The molecule has 0 saturated carbocycles. The van der Waals surface area contributed by atoms with Crippen molar-refractivity contribution < 1.29 is 17.9 Å². The van der Waals surface area contributed by atoms with Crippen LogP contribution in [0, 0.1) is 0 Å². The molecule has 0 spiro atoms. The fourth-order valence-electron chi connectivity index (χ4n) is 2.85. The number of hydrogen-bond acceptors (Lipinski definition) is 2. The summed E-state index contributed by atoms with van der Waals surface area (Å²) in [6.07, 6.45) is -0.153. The molecule has 0 amide bonds. The van der Waals surface area contributed by atoms with Crippen LogP contribution in [-0.2, 0) is 10.9 Å². The molecule has 0 bridgehead atoms. The maximum atomic E-state index is 13.1. The second-order valence-corrected chi connectivity index (χ2v) is 5.16. The molecule has 1 aliphatic rings. The first-order chi connectivity index (χ1) is 10.0. The third-order valence-corrected chi connectivity index (χ3v) is 3.84. The van der Waals surface area contributed by atoms with Crippen LogP contribution in [0.2, 0.25) is 6.82 Å². The first-order valence-corrected chi connectivity index (χ1v) is 7.00. The summed E-state index contributed by atoms with van der Waals surface area (Å²) in [7, 11) is 1.49. The molecule has 21 heavy (non-hydrogen) atoms. The molecule has 1 radical (unpaired) electrons. The van der Waals surface area contributed by atoms with Gasteiger partial charge in [0.25, 0.3) is 0 Å². The fourth-order valence-corrected chi connectivity index (χ4v) is 2.85. The highest BCUT2D eigenvalue weighted by atomic mass is 19.4. The van der Waals surface area contributed by atoms with Gasteiger partial charge in [-0.05, 0) is 31.4 Å². The van der Waals surface area contributed by atoms with Gasteiger partial charge >= 0.3 is 6.18 Å². The van der Waals surface area contributed by atoms with Crippen molar-refractivity contribution in [2.75, 3.05) is 6.61 Å². The Bertz CT molecular complexity index is 647. The summed E-state index contributed by atoms with van der Waals surface area (Å²) >= 11 is 0. The predicted molar refractivity (Wildman–Crippen MR) is 74.8 cm³/mol. The van der Waals surface area contributed by atoms with Crippen molar-refractivity contribution in [1.82, 2.24) is 9.78 Å². The minimum Gasteiger partial charge on any atom is -0.356 e. The summed E-state index contributed by atoms with van der Waals surface area (Å²) < 4.78 is 46.5. The van der Waals surface area contributed by atoms with E-state index in [4.69, 9.17) is 4.74 Å². The molecular formula is C14H15BF3N2O. The first kappa shape index (κ1) is 14.4. The number of nitrogens with zero attached hydrogens (tertiary/aromatic N) is 2. The quantitative estimate of drug-likeness (QED) is 0.796. The van der Waals surface area contributed by atoms with Gasteiger partial charge in [0.05, 0.1) is 17.3 Å². The lowest BCUT2D eigenvalue weighted by Gasteiger charge is -2.23. The van der Waals surface area contributed by atoms with Crippen molar-refractivity contribution >= 4 is 23.6 Å². The topological polar surface area (TPSA) is 27.1 Å². The van der Waals surface area contributed by atoms with Gasteiger partial charge < -0.3 is 4.74 Å². The molecule has 2 heterocycles. The van der Waals surface area contributed by atoms with E-state index in [0.717, 1.165) is 25.3 Å². The normalized spacial score (nSPS) is 19.9. The molecule has 1 saturated heterocycles. The van der Waals surface area contributed by atoms with Crippen LogP contribution >= 0.6 is 0 Å². The Morgan fingerprint density at radius 2 is 2.14 bits per heavy atom. The highest BCUT2D eigenvalue weighted by Gasteiger charge is 2.34. The minimum atomic E-state index is -4.36. The van der Waals surface area contributed by atoms with Gasteiger partial charge in [-0.25, -0.2) is 4.68 Å². The van der Waals surface area contributed by atoms with Gasteiger partial charge in [-0.1, -0.05) is 12.3 Å². The molecule has 1 aromatic heterocycles. The maximum absolute atomic E-state index is 13.1. The van der Waals surface area contributed by atoms with E-state index in [1.807, 2.05) is 0 Å². The molecule has 1 aromatic carbocycles. The molecule has 7 heteroatoms. The standard InChI is InChI=1S/C14H15BF3N2O/c1-15-13-9-8-19-20(12-4-2-3-7-21-12)11(9)6-5-10(13)14(16,17)18/h5-6,8,12H,2-4,7H2,1H3. The van der Waals surface area contributed by atoms with Gasteiger partial charge in [0, 0.05) is 12.0 Å². The summed E-state index contributed by atoms with van der Waals surface area (Å²) in [6.45, 7) is 2.28. The molecule has 0 aliphatic carbocycles. The van der Waals surface area contributed by atoms with Crippen molar-refractivity contribution in [1.29, 1.82) is 0 Å². The molecule has 1 unspecified atom stereocenters. The average molecular weight is 295 g/mol. The zero-order chi connectivity index (χ0) is 15.0. The molecule has 1 fully saturated rings. The van der Waals surface area contributed by atoms with E-state index < -0.39 is 11.7 Å². The lowest BCUT2D eigenvalue weighted by Crippen LogP contribution is -2.25. The van der Waals surface area contributed by atoms with E-state index in [1.54, 1.807) is 11.5 Å². The summed E-state index contributed by atoms with van der Waals surface area (Å²) in [6, 6.07) is 2.61. The molecule has 3 nitrogen and oxygen atoms in total. The second-order valence-electron chi connectivity index (χ2n) is 5.16. The molecule has 111 valence electrons. The van der Waals surface area contributed by atoms with Crippen LogP contribution in [0.4, 0.5) is 13.2 Å². The van der Waals surface area contributed by atoms with Crippen molar-refractivity contribution in [3.63, 3.8) is 0 Å². The summed E-state index contributed by atoms with van der Waals surface area (Å²) in [5.41, 5.74) is 0.242. The highest BCUT2D eigenvalue weighted by Crippen LogP contribution is 2.31. The largest absolute Gasteiger partial charge is 0.415 e. The molecule has 1 atom stereocenters. The monoisotopic (exact) mass is 295 g/mol. The van der Waals surface area contributed by atoms with Crippen LogP contribution in [0.25, 0.3) is 10.9 Å². The van der Waals surface area contributed by atoms with Crippen LogP contribution in [-0.4, -0.2) is 23.7 Å². The van der Waals surface area contributed by atoms with Gasteiger partial charge in [0.15, 0.2) is 6.23 Å². The van der Waals surface area contributed by atoms with E-state index in [-0.39, 0.29) is 11.7 Å². The van der Waals surface area contributed by atoms with Crippen molar-refractivity contribution in [3.05, 3.63) is 23.9 Å². The van der Waals surface area contributed by atoms with Crippen molar-refractivity contribution in [3.8, 4) is 0 Å². The molecular weight excluding hydrogens is 280 g/mol. The van der Waals surface area contributed by atoms with Gasteiger partial charge in [-0.15, -0.1) is 0 Å². The Morgan fingerprint density at radius 3 is 2.76 bits per heavy atom. The Hall–Kier alpha value is -1.50. The summed E-state index contributed by atoms with van der Waals surface area (Å²) in [4.78, 5) is 0. The number of ether oxygens (including phenoxy) is 1. The van der Waals surface area contributed by atoms with Crippen molar-refractivity contribution in [2.24, 2.45) is 0 Å². The summed E-state index contributed by atoms with van der Waals surface area (Å²) in [5, 5.41) is 4.77. The molecule has 2 aromatic rings. The Morgan fingerprint density at radius 1 is 1.33 bits per heavy atom. The number of benzene rings is 1. The number of rotatable bonds is 2. The third kappa shape index (κ3) is 2.55. The molecule has 3 rings (SSSR count). The fraction of sp³-hybridized carbons (Fsp3) is 0.500. The summed E-state index contributed by atoms with van der Waals surface area (Å²) in [5.74, 6) is 0. The number of alkyl halides is 3. The molecule has 0 N–H and O–H groups in total. The van der Waals surface area contributed by atoms with Crippen LogP contribution in [0.5, 0.6) is 0 Å². The van der Waals surface area contributed by atoms with Gasteiger partial charge in [-0.3, -0.25) is 0 Å². The predicted octanol–water partition coefficient (Wildman–Crippen LogP) is 3.13. The Kier molecular flexibility index (Phi) is 3.69. The van der Waals surface area contributed by atoms with Crippen LogP contribution < -0.4 is 5.46 Å². The van der Waals surface area contributed by atoms with E-state index in [9.17, 15) is 13.2 Å². The highest BCUT2D eigenvalue weighted by molar-refractivity contribution is 6.56. The van der Waals surface area contributed by atoms with Crippen molar-refractivity contribution in [2.45, 2.75) is 38.5 Å². The molecule has 1 aliphatic heterocycles. The van der Waals surface area contributed by atoms with E-state index in [1.165, 1.54) is 19.5 Å². The van der Waals surface area contributed by atoms with Gasteiger partial charge in [0.2, 0.25) is 0 Å². The third-order valence-electron chi connectivity index (χ3n) is 3.84. The first-order valence-electron chi connectivity index (χ1n) is 7.00. The van der Waals surface area contributed by atoms with Crippen LogP contribution in [0.15, 0.2) is 18.3 Å².